The minimum atomic E-state index is -0.00146. The number of carbonyl (C=O) groups is 1. The number of guanidine groups is 1. The third-order valence-corrected chi connectivity index (χ3v) is 4.26. The number of nitrogens with one attached hydrogen (secondary N) is 2. The van der Waals surface area contributed by atoms with Crippen LogP contribution in [0.4, 0.5) is 0 Å². The van der Waals surface area contributed by atoms with E-state index in [9.17, 15) is 4.79 Å². The van der Waals surface area contributed by atoms with E-state index in [4.69, 9.17) is 9.47 Å². The summed E-state index contributed by atoms with van der Waals surface area (Å²) >= 11 is 0. The van der Waals surface area contributed by atoms with Gasteiger partial charge in [-0.1, -0.05) is 0 Å². The van der Waals surface area contributed by atoms with Gasteiger partial charge in [-0.2, -0.15) is 0 Å². The Labute approximate surface area is 138 Å². The molecule has 2 aliphatic rings. The van der Waals surface area contributed by atoms with Crippen molar-refractivity contribution in [2.45, 2.75) is 50.8 Å². The molecule has 7 nitrogen and oxygen atoms in total. The number of rotatable bonds is 4. The fraction of sp³-hybridized carbons (Fsp3) is 0.875. The van der Waals surface area contributed by atoms with E-state index in [0.717, 1.165) is 51.5 Å². The summed E-state index contributed by atoms with van der Waals surface area (Å²) in [7, 11) is 3.49. The van der Waals surface area contributed by atoms with Gasteiger partial charge in [-0.05, 0) is 32.6 Å². The van der Waals surface area contributed by atoms with E-state index in [-0.39, 0.29) is 18.6 Å². The van der Waals surface area contributed by atoms with E-state index < -0.39 is 0 Å². The highest BCUT2D eigenvalue weighted by atomic mass is 16.5. The Morgan fingerprint density at radius 1 is 1.13 bits per heavy atom. The molecule has 7 heteroatoms. The van der Waals surface area contributed by atoms with Crippen molar-refractivity contribution < 1.29 is 14.3 Å². The smallest absolute Gasteiger partial charge is 0.243 e. The van der Waals surface area contributed by atoms with E-state index >= 15 is 0 Å². The highest BCUT2D eigenvalue weighted by Crippen LogP contribution is 2.13. The lowest BCUT2D eigenvalue weighted by atomic mass is 10.0. The third-order valence-electron chi connectivity index (χ3n) is 4.26. The van der Waals surface area contributed by atoms with Crippen LogP contribution in [0, 0.1) is 0 Å². The largest absolute Gasteiger partial charge is 0.381 e. The Morgan fingerprint density at radius 3 is 2.43 bits per heavy atom. The van der Waals surface area contributed by atoms with Gasteiger partial charge < -0.3 is 25.0 Å². The van der Waals surface area contributed by atoms with Crippen molar-refractivity contribution in [3.63, 3.8) is 0 Å². The Kier molecular flexibility index (Phi) is 7.11. The topological polar surface area (TPSA) is 75.2 Å². The third kappa shape index (κ3) is 6.35. The van der Waals surface area contributed by atoms with Gasteiger partial charge in [0.15, 0.2) is 5.96 Å². The standard InChI is InChI=1S/C16H30N4O3/c1-12-10-14(6-9-23-12)19-16(17-11-15(21)20(2)3)18-13-4-7-22-8-5-13/h12-14H,4-11H2,1-3H3,(H2,17,18,19). The Morgan fingerprint density at radius 2 is 1.78 bits per heavy atom. The summed E-state index contributed by atoms with van der Waals surface area (Å²) in [6, 6.07) is 0.682. The lowest BCUT2D eigenvalue weighted by Gasteiger charge is -2.31. The number of ether oxygens (including phenoxy) is 2. The van der Waals surface area contributed by atoms with Crippen LogP contribution in [-0.2, 0) is 14.3 Å². The van der Waals surface area contributed by atoms with Crippen molar-refractivity contribution in [2.24, 2.45) is 4.99 Å². The molecule has 2 N–H and O–H groups in total. The predicted molar refractivity (Wildman–Crippen MR) is 89.5 cm³/mol. The van der Waals surface area contributed by atoms with Gasteiger partial charge in [-0.25, -0.2) is 4.99 Å². The lowest BCUT2D eigenvalue weighted by molar-refractivity contribution is -0.127. The van der Waals surface area contributed by atoms with Gasteiger partial charge in [0.05, 0.1) is 6.10 Å². The first-order valence-corrected chi connectivity index (χ1v) is 8.51. The summed E-state index contributed by atoms with van der Waals surface area (Å²) in [6.45, 7) is 4.56. The summed E-state index contributed by atoms with van der Waals surface area (Å²) in [5.74, 6) is 0.727. The number of carbonyl (C=O) groups excluding carboxylic acids is 1. The van der Waals surface area contributed by atoms with Gasteiger partial charge in [-0.3, -0.25) is 4.79 Å². The fourth-order valence-corrected chi connectivity index (χ4v) is 2.78. The summed E-state index contributed by atoms with van der Waals surface area (Å²) in [4.78, 5) is 17.8. The molecule has 132 valence electrons. The Hall–Kier alpha value is -1.34. The van der Waals surface area contributed by atoms with Crippen LogP contribution in [0.25, 0.3) is 0 Å². The molecule has 0 aliphatic carbocycles. The van der Waals surface area contributed by atoms with Gasteiger partial charge >= 0.3 is 0 Å². The number of hydrogen-bond donors (Lipinski definition) is 2. The Bertz CT molecular complexity index is 408. The number of amides is 1. The zero-order valence-corrected chi connectivity index (χ0v) is 14.5. The number of aliphatic imine (C=N–C) groups is 1. The molecule has 2 fully saturated rings. The molecule has 2 rings (SSSR count). The Balaban J connectivity index is 1.94. The van der Waals surface area contributed by atoms with Crippen molar-refractivity contribution in [2.75, 3.05) is 40.5 Å². The van der Waals surface area contributed by atoms with E-state index in [0.29, 0.717) is 12.1 Å². The van der Waals surface area contributed by atoms with Crippen molar-refractivity contribution >= 4 is 11.9 Å². The molecule has 2 unspecified atom stereocenters. The minimum Gasteiger partial charge on any atom is -0.381 e. The molecule has 2 atom stereocenters. The second kappa shape index (κ2) is 9.08. The van der Waals surface area contributed by atoms with Gasteiger partial charge in [-0.15, -0.1) is 0 Å². The molecule has 0 bridgehead atoms. The predicted octanol–water partition coefficient (Wildman–Crippen LogP) is 0.356. The average Bonchev–Trinajstić information content (AvgIpc) is 2.53. The van der Waals surface area contributed by atoms with E-state index in [1.807, 2.05) is 0 Å². The maximum Gasteiger partial charge on any atom is 0.243 e. The maximum atomic E-state index is 11.8. The first-order valence-electron chi connectivity index (χ1n) is 8.51. The molecule has 23 heavy (non-hydrogen) atoms. The van der Waals surface area contributed by atoms with Crippen LogP contribution in [0.5, 0.6) is 0 Å². The van der Waals surface area contributed by atoms with Crippen LogP contribution >= 0.6 is 0 Å². The molecular formula is C16H30N4O3. The van der Waals surface area contributed by atoms with Crippen molar-refractivity contribution in [1.29, 1.82) is 0 Å². The zero-order valence-electron chi connectivity index (χ0n) is 14.5. The van der Waals surface area contributed by atoms with Gasteiger partial charge in [0, 0.05) is 46.0 Å². The van der Waals surface area contributed by atoms with Crippen molar-refractivity contribution in [3.05, 3.63) is 0 Å². The molecule has 2 heterocycles. The quantitative estimate of drug-likeness (QED) is 0.576. The molecule has 1 amide bonds. The van der Waals surface area contributed by atoms with E-state index in [2.05, 4.69) is 22.5 Å². The number of hydrogen-bond acceptors (Lipinski definition) is 4. The van der Waals surface area contributed by atoms with Crippen LogP contribution in [0.15, 0.2) is 4.99 Å². The van der Waals surface area contributed by atoms with Gasteiger partial charge in [0.1, 0.15) is 6.54 Å². The summed E-state index contributed by atoms with van der Waals surface area (Å²) in [6.07, 6.45) is 4.10. The van der Waals surface area contributed by atoms with Crippen LogP contribution in [0.1, 0.15) is 32.6 Å². The SMILES string of the molecule is CC1CC(NC(=NCC(=O)N(C)C)NC2CCOCC2)CCO1. The van der Waals surface area contributed by atoms with E-state index in [1.165, 1.54) is 0 Å². The molecule has 0 aromatic heterocycles. The molecule has 0 aromatic rings. The highest BCUT2D eigenvalue weighted by molar-refractivity contribution is 5.85. The molecule has 0 aromatic carbocycles. The second-order valence-corrected chi connectivity index (χ2v) is 6.53. The van der Waals surface area contributed by atoms with Crippen LogP contribution < -0.4 is 10.6 Å². The van der Waals surface area contributed by atoms with Crippen LogP contribution in [0.2, 0.25) is 0 Å². The summed E-state index contributed by atoms with van der Waals surface area (Å²) < 4.78 is 11.0. The summed E-state index contributed by atoms with van der Waals surface area (Å²) in [5.41, 5.74) is 0. The fourth-order valence-electron chi connectivity index (χ4n) is 2.78. The molecule has 0 saturated carbocycles. The molecular weight excluding hydrogens is 296 g/mol. The normalized spacial score (nSPS) is 26.7. The monoisotopic (exact) mass is 326 g/mol. The summed E-state index contributed by atoms with van der Waals surface area (Å²) in [5, 5.41) is 6.93. The molecule has 2 aliphatic heterocycles. The average molecular weight is 326 g/mol. The highest BCUT2D eigenvalue weighted by Gasteiger charge is 2.22. The van der Waals surface area contributed by atoms with Crippen molar-refractivity contribution in [1.82, 2.24) is 15.5 Å². The molecule has 2 saturated heterocycles. The lowest BCUT2D eigenvalue weighted by Crippen LogP contribution is -2.51. The van der Waals surface area contributed by atoms with Crippen LogP contribution in [-0.4, -0.2) is 75.4 Å². The first-order chi connectivity index (χ1) is 11.0. The van der Waals surface area contributed by atoms with E-state index in [1.54, 1.807) is 19.0 Å². The molecule has 0 radical (unpaired) electrons. The molecule has 0 spiro atoms. The van der Waals surface area contributed by atoms with Gasteiger partial charge in [0.25, 0.3) is 0 Å². The maximum absolute atomic E-state index is 11.8. The zero-order chi connectivity index (χ0) is 16.7. The van der Waals surface area contributed by atoms with Crippen molar-refractivity contribution in [3.8, 4) is 0 Å². The number of likely N-dealkylation sites (N-methyl/N-ethyl adjacent to an activating group) is 1. The second-order valence-electron chi connectivity index (χ2n) is 6.53. The first kappa shape index (κ1) is 18.0. The number of nitrogens with zero attached hydrogens (tertiary/aromatic N) is 2. The minimum absolute atomic E-state index is 0.00146. The van der Waals surface area contributed by atoms with Gasteiger partial charge in [0.2, 0.25) is 5.91 Å². The van der Waals surface area contributed by atoms with Crippen LogP contribution in [0.3, 0.4) is 0 Å².